The van der Waals surface area contributed by atoms with Gasteiger partial charge < -0.3 is 10.1 Å². The molecule has 1 amide bonds. The molecule has 1 aliphatic rings. The van der Waals surface area contributed by atoms with E-state index in [1.807, 2.05) is 24.3 Å². The number of hydrogen-bond donors (Lipinski definition) is 1. The lowest BCUT2D eigenvalue weighted by molar-refractivity contribution is -0.111. The number of ether oxygens (including phenoxy) is 1. The maximum atomic E-state index is 12.5. The van der Waals surface area contributed by atoms with Crippen LogP contribution < -0.4 is 5.32 Å². The Morgan fingerprint density at radius 3 is 2.55 bits per heavy atom. The van der Waals surface area contributed by atoms with Crippen molar-refractivity contribution >= 4 is 50.2 Å². The van der Waals surface area contributed by atoms with Gasteiger partial charge in [0.05, 0.1) is 12.7 Å². The van der Waals surface area contributed by atoms with Crippen LogP contribution >= 0.6 is 27.3 Å². The molecule has 1 aliphatic carbocycles. The van der Waals surface area contributed by atoms with Crippen molar-refractivity contribution in [3.63, 3.8) is 0 Å². The van der Waals surface area contributed by atoms with Gasteiger partial charge in [-0.05, 0) is 59.9 Å². The molecule has 6 heteroatoms. The number of carbonyl (C=O) groups excluding carboxylic acids is 2. The largest absolute Gasteiger partial charge is 0.465 e. The van der Waals surface area contributed by atoms with Crippen LogP contribution in [0, 0.1) is 11.3 Å². The fourth-order valence-corrected chi connectivity index (χ4v) is 5.21. The molecular formula is C23H26BrNO3S. The van der Waals surface area contributed by atoms with Crippen LogP contribution in [0.25, 0.3) is 6.08 Å². The monoisotopic (exact) mass is 475 g/mol. The minimum atomic E-state index is -0.385. The molecule has 0 saturated carbocycles. The minimum Gasteiger partial charge on any atom is -0.465 e. The number of halogens is 1. The van der Waals surface area contributed by atoms with Crippen molar-refractivity contribution in [2.45, 2.75) is 40.0 Å². The van der Waals surface area contributed by atoms with Crippen molar-refractivity contribution in [2.24, 2.45) is 11.3 Å². The van der Waals surface area contributed by atoms with E-state index in [0.717, 1.165) is 34.9 Å². The Morgan fingerprint density at radius 2 is 1.93 bits per heavy atom. The zero-order chi connectivity index (χ0) is 21.2. The van der Waals surface area contributed by atoms with Crippen molar-refractivity contribution in [1.82, 2.24) is 0 Å². The molecule has 0 fully saturated rings. The number of carbonyl (C=O) groups is 2. The molecular weight excluding hydrogens is 450 g/mol. The zero-order valence-corrected chi connectivity index (χ0v) is 19.6. The lowest BCUT2D eigenvalue weighted by Crippen LogP contribution is -2.26. The molecule has 0 spiro atoms. The number of nitrogens with one attached hydrogen (secondary N) is 1. The van der Waals surface area contributed by atoms with E-state index in [0.29, 0.717) is 16.5 Å². The first-order chi connectivity index (χ1) is 13.7. The van der Waals surface area contributed by atoms with E-state index >= 15 is 0 Å². The fraction of sp³-hybridized carbons (Fsp3) is 0.391. The molecule has 1 atom stereocenters. The van der Waals surface area contributed by atoms with Crippen LogP contribution in [-0.2, 0) is 22.4 Å². The topological polar surface area (TPSA) is 55.4 Å². The molecule has 0 aliphatic heterocycles. The van der Waals surface area contributed by atoms with Gasteiger partial charge in [-0.3, -0.25) is 4.79 Å². The van der Waals surface area contributed by atoms with Gasteiger partial charge in [-0.1, -0.05) is 48.8 Å². The molecule has 2 aromatic rings. The van der Waals surface area contributed by atoms with E-state index in [9.17, 15) is 9.59 Å². The summed E-state index contributed by atoms with van der Waals surface area (Å²) in [7, 11) is 1.38. The quantitative estimate of drug-likeness (QED) is 0.429. The number of methoxy groups -OCH3 is 1. The van der Waals surface area contributed by atoms with E-state index in [2.05, 4.69) is 42.0 Å². The Hall–Kier alpha value is -1.92. The molecule has 1 N–H and O–H groups in total. The third-order valence-corrected chi connectivity index (χ3v) is 7.11. The highest BCUT2D eigenvalue weighted by Gasteiger charge is 2.34. The third-order valence-electron chi connectivity index (χ3n) is 5.41. The Balaban J connectivity index is 1.83. The van der Waals surface area contributed by atoms with Crippen LogP contribution in [0.1, 0.15) is 53.6 Å². The summed E-state index contributed by atoms with van der Waals surface area (Å²) in [6.45, 7) is 6.77. The summed E-state index contributed by atoms with van der Waals surface area (Å²) in [6, 6.07) is 7.69. The van der Waals surface area contributed by atoms with E-state index < -0.39 is 0 Å². The molecule has 3 rings (SSSR count). The van der Waals surface area contributed by atoms with Gasteiger partial charge in [0, 0.05) is 15.4 Å². The van der Waals surface area contributed by atoms with Gasteiger partial charge in [0.1, 0.15) is 5.00 Å². The summed E-state index contributed by atoms with van der Waals surface area (Å²) in [5.41, 5.74) is 2.69. The first kappa shape index (κ1) is 21.8. The summed E-state index contributed by atoms with van der Waals surface area (Å²) in [6.07, 6.45) is 6.04. The van der Waals surface area contributed by atoms with Gasteiger partial charge in [0.25, 0.3) is 0 Å². The van der Waals surface area contributed by atoms with Crippen LogP contribution in [0.5, 0.6) is 0 Å². The molecule has 0 saturated heterocycles. The molecule has 1 aromatic heterocycles. The lowest BCUT2D eigenvalue weighted by atomic mass is 9.72. The first-order valence-electron chi connectivity index (χ1n) is 9.66. The first-order valence-corrected chi connectivity index (χ1v) is 11.3. The highest BCUT2D eigenvalue weighted by Crippen LogP contribution is 2.44. The SMILES string of the molecule is COC(=O)c1c(NC(=O)/C=C/c2ccc(Br)cc2)sc2c1CCC(C(C)(C)C)C2. The standard InChI is InChI=1S/C23H26BrNO3S/c1-23(2,3)15-8-11-17-18(13-15)29-21(20(17)22(27)28-4)25-19(26)12-7-14-5-9-16(24)10-6-14/h5-7,9-10,12,15H,8,11,13H2,1-4H3,(H,25,26)/b12-7+. The van der Waals surface area contributed by atoms with Crippen LogP contribution in [-0.4, -0.2) is 19.0 Å². The predicted molar refractivity (Wildman–Crippen MR) is 122 cm³/mol. The molecule has 29 heavy (non-hydrogen) atoms. The number of thiophene rings is 1. The van der Waals surface area contributed by atoms with E-state index in [-0.39, 0.29) is 17.3 Å². The number of anilines is 1. The zero-order valence-electron chi connectivity index (χ0n) is 17.2. The summed E-state index contributed by atoms with van der Waals surface area (Å²) in [5.74, 6) is -0.0899. The maximum absolute atomic E-state index is 12.5. The summed E-state index contributed by atoms with van der Waals surface area (Å²) in [4.78, 5) is 26.1. The molecule has 154 valence electrons. The number of fused-ring (bicyclic) bond motifs is 1. The fourth-order valence-electron chi connectivity index (χ4n) is 3.63. The van der Waals surface area contributed by atoms with Gasteiger partial charge in [-0.15, -0.1) is 11.3 Å². The minimum absolute atomic E-state index is 0.212. The highest BCUT2D eigenvalue weighted by molar-refractivity contribution is 9.10. The Bertz CT molecular complexity index is 938. The van der Waals surface area contributed by atoms with Gasteiger partial charge in [0.15, 0.2) is 0 Å². The molecule has 0 bridgehead atoms. The average molecular weight is 476 g/mol. The highest BCUT2D eigenvalue weighted by atomic mass is 79.9. The Kier molecular flexibility index (Phi) is 6.64. The van der Waals surface area contributed by atoms with Gasteiger partial charge in [-0.25, -0.2) is 4.79 Å². The van der Waals surface area contributed by atoms with Crippen LogP contribution in [0.4, 0.5) is 5.00 Å². The third kappa shape index (κ3) is 5.17. The number of rotatable bonds is 4. The van der Waals surface area contributed by atoms with E-state index in [4.69, 9.17) is 4.74 Å². The molecule has 1 heterocycles. The summed E-state index contributed by atoms with van der Waals surface area (Å²) >= 11 is 4.90. The maximum Gasteiger partial charge on any atom is 0.341 e. The van der Waals surface area contributed by atoms with Crippen molar-refractivity contribution < 1.29 is 14.3 Å². The second-order valence-corrected chi connectivity index (χ2v) is 10.4. The van der Waals surface area contributed by atoms with Crippen molar-refractivity contribution in [3.05, 3.63) is 56.4 Å². The predicted octanol–water partition coefficient (Wildman–Crippen LogP) is 6.10. The number of esters is 1. The normalized spacial score (nSPS) is 16.5. The van der Waals surface area contributed by atoms with Crippen LogP contribution in [0.2, 0.25) is 0 Å². The summed E-state index contributed by atoms with van der Waals surface area (Å²) in [5, 5.41) is 3.49. The van der Waals surface area contributed by atoms with Gasteiger partial charge in [-0.2, -0.15) is 0 Å². The smallest absolute Gasteiger partial charge is 0.341 e. The van der Waals surface area contributed by atoms with Crippen molar-refractivity contribution in [1.29, 1.82) is 0 Å². The average Bonchev–Trinajstić information content (AvgIpc) is 3.03. The Morgan fingerprint density at radius 1 is 1.24 bits per heavy atom. The molecule has 1 aromatic carbocycles. The van der Waals surface area contributed by atoms with Crippen LogP contribution in [0.15, 0.2) is 34.8 Å². The number of benzene rings is 1. The molecule has 4 nitrogen and oxygen atoms in total. The lowest BCUT2D eigenvalue weighted by Gasteiger charge is -2.33. The van der Waals surface area contributed by atoms with Crippen molar-refractivity contribution in [3.8, 4) is 0 Å². The molecule has 1 unspecified atom stereocenters. The number of hydrogen-bond acceptors (Lipinski definition) is 4. The second kappa shape index (κ2) is 8.84. The van der Waals surface area contributed by atoms with Gasteiger partial charge in [0.2, 0.25) is 5.91 Å². The summed E-state index contributed by atoms with van der Waals surface area (Å²) < 4.78 is 6.00. The number of amides is 1. The Labute approximate surface area is 184 Å². The van der Waals surface area contributed by atoms with Gasteiger partial charge >= 0.3 is 5.97 Å². The second-order valence-electron chi connectivity index (χ2n) is 8.38. The van der Waals surface area contributed by atoms with Crippen LogP contribution in [0.3, 0.4) is 0 Å². The van der Waals surface area contributed by atoms with Crippen molar-refractivity contribution in [2.75, 3.05) is 12.4 Å². The van der Waals surface area contributed by atoms with E-state index in [1.165, 1.54) is 29.4 Å². The van der Waals surface area contributed by atoms with E-state index in [1.54, 1.807) is 6.08 Å². The molecule has 0 radical (unpaired) electrons.